The molecule has 21 heavy (non-hydrogen) atoms. The number of hydrogen-bond donors (Lipinski definition) is 0. The quantitative estimate of drug-likeness (QED) is 0.781. The maximum atomic E-state index is 13.3. The van der Waals surface area contributed by atoms with Crippen LogP contribution in [0.3, 0.4) is 0 Å². The fourth-order valence-corrected chi connectivity index (χ4v) is 2.70. The normalized spacial score (nSPS) is 15.5. The van der Waals surface area contributed by atoms with E-state index in [4.69, 9.17) is 0 Å². The number of carbonyl (C=O) groups is 2. The molecule has 1 saturated heterocycles. The Bertz CT molecular complexity index is 702. The molecule has 110 valence electrons. The zero-order chi connectivity index (χ0) is 15.0. The summed E-state index contributed by atoms with van der Waals surface area (Å²) < 4.78 is 15.0. The predicted octanol–water partition coefficient (Wildman–Crippen LogP) is 1.23. The van der Waals surface area contributed by atoms with Crippen LogP contribution in [0.4, 0.5) is 4.39 Å². The van der Waals surface area contributed by atoms with Gasteiger partial charge in [0.25, 0.3) is 5.91 Å². The standard InChI is InChI=1S/C15H16FN3O2/c1-17-13-9-12(16)3-2-11(13)8-14(17)15(21)19-6-4-18(10-20)5-7-19/h2-3,8-10H,4-7H2,1H3. The van der Waals surface area contributed by atoms with Crippen molar-refractivity contribution in [1.82, 2.24) is 14.4 Å². The third-order valence-electron chi connectivity index (χ3n) is 3.98. The number of rotatable bonds is 2. The molecule has 5 nitrogen and oxygen atoms in total. The Morgan fingerprint density at radius 3 is 2.57 bits per heavy atom. The van der Waals surface area contributed by atoms with Crippen molar-refractivity contribution in [1.29, 1.82) is 0 Å². The molecule has 1 aliphatic heterocycles. The van der Waals surface area contributed by atoms with Crippen LogP contribution in [0, 0.1) is 5.82 Å². The van der Waals surface area contributed by atoms with Crippen LogP contribution in [0.5, 0.6) is 0 Å². The summed E-state index contributed by atoms with van der Waals surface area (Å²) in [5.74, 6) is -0.401. The van der Waals surface area contributed by atoms with E-state index in [2.05, 4.69) is 0 Å². The van der Waals surface area contributed by atoms with Gasteiger partial charge in [-0.05, 0) is 24.3 Å². The minimum atomic E-state index is -0.317. The van der Waals surface area contributed by atoms with Gasteiger partial charge in [0.15, 0.2) is 0 Å². The van der Waals surface area contributed by atoms with Gasteiger partial charge in [-0.2, -0.15) is 0 Å². The van der Waals surface area contributed by atoms with E-state index in [1.807, 2.05) is 0 Å². The molecule has 3 rings (SSSR count). The Labute approximate surface area is 121 Å². The number of halogens is 1. The van der Waals surface area contributed by atoms with E-state index in [1.54, 1.807) is 33.5 Å². The van der Waals surface area contributed by atoms with Crippen molar-refractivity contribution in [3.05, 3.63) is 35.8 Å². The van der Waals surface area contributed by atoms with E-state index in [0.29, 0.717) is 37.4 Å². The molecular formula is C15H16FN3O2. The first-order valence-electron chi connectivity index (χ1n) is 6.84. The molecule has 1 aromatic carbocycles. The number of piperazine rings is 1. The van der Waals surface area contributed by atoms with E-state index in [-0.39, 0.29) is 11.7 Å². The van der Waals surface area contributed by atoms with Crippen LogP contribution in [0.25, 0.3) is 10.9 Å². The van der Waals surface area contributed by atoms with E-state index < -0.39 is 0 Å². The minimum absolute atomic E-state index is 0.0837. The minimum Gasteiger partial charge on any atom is -0.342 e. The summed E-state index contributed by atoms with van der Waals surface area (Å²) in [6.07, 6.45) is 0.807. The van der Waals surface area contributed by atoms with Gasteiger partial charge < -0.3 is 14.4 Å². The van der Waals surface area contributed by atoms with E-state index in [1.165, 1.54) is 12.1 Å². The van der Waals surface area contributed by atoms with Crippen molar-refractivity contribution in [2.45, 2.75) is 0 Å². The number of benzene rings is 1. The molecule has 1 aromatic heterocycles. The molecule has 0 bridgehead atoms. The highest BCUT2D eigenvalue weighted by molar-refractivity contribution is 5.98. The zero-order valence-electron chi connectivity index (χ0n) is 11.8. The smallest absolute Gasteiger partial charge is 0.270 e. The summed E-state index contributed by atoms with van der Waals surface area (Å²) in [4.78, 5) is 26.6. The first-order chi connectivity index (χ1) is 10.1. The van der Waals surface area contributed by atoms with Crippen molar-refractivity contribution in [2.24, 2.45) is 7.05 Å². The number of hydrogen-bond acceptors (Lipinski definition) is 2. The second-order valence-electron chi connectivity index (χ2n) is 5.23. The van der Waals surface area contributed by atoms with Gasteiger partial charge in [0.05, 0.1) is 5.52 Å². The third-order valence-corrected chi connectivity index (χ3v) is 3.98. The summed E-state index contributed by atoms with van der Waals surface area (Å²) in [6, 6.07) is 6.27. The Kier molecular flexibility index (Phi) is 3.37. The van der Waals surface area contributed by atoms with Crippen LogP contribution in [0.15, 0.2) is 24.3 Å². The molecule has 1 aliphatic rings. The fraction of sp³-hybridized carbons (Fsp3) is 0.333. The molecule has 0 radical (unpaired) electrons. The number of carbonyl (C=O) groups excluding carboxylic acids is 2. The highest BCUT2D eigenvalue weighted by Crippen LogP contribution is 2.21. The van der Waals surface area contributed by atoms with Gasteiger partial charge in [-0.3, -0.25) is 9.59 Å². The SMILES string of the molecule is Cn1c(C(=O)N2CCN(C=O)CC2)cc2ccc(F)cc21. The predicted molar refractivity (Wildman–Crippen MR) is 76.4 cm³/mol. The Morgan fingerprint density at radius 1 is 1.19 bits per heavy atom. The van der Waals surface area contributed by atoms with Crippen LogP contribution >= 0.6 is 0 Å². The lowest BCUT2D eigenvalue weighted by Gasteiger charge is -2.32. The fourth-order valence-electron chi connectivity index (χ4n) is 2.70. The highest BCUT2D eigenvalue weighted by atomic mass is 19.1. The number of fused-ring (bicyclic) bond motifs is 1. The largest absolute Gasteiger partial charge is 0.342 e. The summed E-state index contributed by atoms with van der Waals surface area (Å²) >= 11 is 0. The highest BCUT2D eigenvalue weighted by Gasteiger charge is 2.23. The number of aryl methyl sites for hydroxylation is 1. The maximum Gasteiger partial charge on any atom is 0.270 e. The van der Waals surface area contributed by atoms with Crippen LogP contribution in [-0.2, 0) is 11.8 Å². The third kappa shape index (κ3) is 2.37. The molecule has 0 aliphatic carbocycles. The number of nitrogens with zero attached hydrogens (tertiary/aromatic N) is 3. The molecule has 2 aromatic rings. The molecule has 2 amide bonds. The lowest BCUT2D eigenvalue weighted by atomic mass is 10.2. The van der Waals surface area contributed by atoms with Crippen molar-refractivity contribution in [3.63, 3.8) is 0 Å². The van der Waals surface area contributed by atoms with Gasteiger partial charge in [0.1, 0.15) is 11.5 Å². The first kappa shape index (κ1) is 13.6. The van der Waals surface area contributed by atoms with E-state index in [0.717, 1.165) is 11.8 Å². The van der Waals surface area contributed by atoms with Crippen LogP contribution < -0.4 is 0 Å². The second-order valence-corrected chi connectivity index (χ2v) is 5.23. The van der Waals surface area contributed by atoms with Crippen molar-refractivity contribution < 1.29 is 14.0 Å². The number of aromatic nitrogens is 1. The summed E-state index contributed by atoms with van der Waals surface area (Å²) in [6.45, 7) is 2.14. The van der Waals surface area contributed by atoms with E-state index >= 15 is 0 Å². The van der Waals surface area contributed by atoms with Gasteiger partial charge in [-0.15, -0.1) is 0 Å². The molecule has 2 heterocycles. The lowest BCUT2D eigenvalue weighted by Crippen LogP contribution is -2.48. The van der Waals surface area contributed by atoms with Gasteiger partial charge in [-0.25, -0.2) is 4.39 Å². The van der Waals surface area contributed by atoms with Crippen molar-refractivity contribution >= 4 is 23.2 Å². The Balaban J connectivity index is 1.88. The molecule has 1 fully saturated rings. The van der Waals surface area contributed by atoms with Crippen molar-refractivity contribution in [3.8, 4) is 0 Å². The van der Waals surface area contributed by atoms with Gasteiger partial charge in [0.2, 0.25) is 6.41 Å². The topological polar surface area (TPSA) is 45.6 Å². The molecule has 0 unspecified atom stereocenters. The zero-order valence-corrected chi connectivity index (χ0v) is 11.8. The summed E-state index contributed by atoms with van der Waals surface area (Å²) in [5, 5.41) is 0.841. The monoisotopic (exact) mass is 289 g/mol. The van der Waals surface area contributed by atoms with Crippen LogP contribution in [0.2, 0.25) is 0 Å². The number of amides is 2. The molecule has 0 saturated carbocycles. The average Bonchev–Trinajstić information content (AvgIpc) is 2.83. The van der Waals surface area contributed by atoms with Crippen LogP contribution in [0.1, 0.15) is 10.5 Å². The van der Waals surface area contributed by atoms with Crippen LogP contribution in [-0.4, -0.2) is 52.9 Å². The average molecular weight is 289 g/mol. The lowest BCUT2D eigenvalue weighted by molar-refractivity contribution is -0.119. The van der Waals surface area contributed by atoms with Gasteiger partial charge in [0, 0.05) is 38.6 Å². The summed E-state index contributed by atoms with van der Waals surface area (Å²) in [7, 11) is 1.76. The molecule has 0 spiro atoms. The Hall–Kier alpha value is -2.37. The second kappa shape index (κ2) is 5.20. The molecule has 0 N–H and O–H groups in total. The maximum absolute atomic E-state index is 13.3. The van der Waals surface area contributed by atoms with Crippen molar-refractivity contribution in [2.75, 3.05) is 26.2 Å². The van der Waals surface area contributed by atoms with Gasteiger partial charge in [-0.1, -0.05) is 0 Å². The first-order valence-corrected chi connectivity index (χ1v) is 6.84. The van der Waals surface area contributed by atoms with E-state index in [9.17, 15) is 14.0 Å². The molecular weight excluding hydrogens is 273 g/mol. The molecule has 6 heteroatoms. The molecule has 0 atom stereocenters. The summed E-state index contributed by atoms with van der Waals surface area (Å²) in [5.41, 5.74) is 1.24. The van der Waals surface area contributed by atoms with Gasteiger partial charge >= 0.3 is 0 Å². The Morgan fingerprint density at radius 2 is 1.90 bits per heavy atom.